The van der Waals surface area contributed by atoms with Crippen molar-refractivity contribution in [3.05, 3.63) is 59.1 Å². The summed E-state index contributed by atoms with van der Waals surface area (Å²) < 4.78 is 0. The minimum Gasteiger partial charge on any atom is -0.316 e. The van der Waals surface area contributed by atoms with E-state index in [0.717, 1.165) is 16.8 Å². The number of aromatic nitrogens is 4. The molecule has 0 saturated heterocycles. The van der Waals surface area contributed by atoms with E-state index in [-0.39, 0.29) is 0 Å². The van der Waals surface area contributed by atoms with Gasteiger partial charge in [-0.15, -0.1) is 15.0 Å². The molecule has 6 heteroatoms. The van der Waals surface area contributed by atoms with Crippen molar-refractivity contribution in [1.82, 2.24) is 25.5 Å². The second-order valence-corrected chi connectivity index (χ2v) is 5.01. The van der Waals surface area contributed by atoms with E-state index in [1.807, 2.05) is 55.6 Å². The number of halogens is 1. The van der Waals surface area contributed by atoms with Crippen LogP contribution < -0.4 is 5.32 Å². The molecule has 21 heavy (non-hydrogen) atoms. The molecule has 5 nitrogen and oxygen atoms in total. The SMILES string of the molecule is CNCc1ccc(Cl)cc1-n1nnc(-c2ccccc2)n1. The van der Waals surface area contributed by atoms with Crippen LogP contribution in [0.1, 0.15) is 5.56 Å². The zero-order valence-corrected chi connectivity index (χ0v) is 12.2. The molecule has 2 aromatic carbocycles. The van der Waals surface area contributed by atoms with Gasteiger partial charge in [-0.1, -0.05) is 48.0 Å². The molecule has 1 N–H and O–H groups in total. The Balaban J connectivity index is 2.02. The Morgan fingerprint density at radius 3 is 2.71 bits per heavy atom. The van der Waals surface area contributed by atoms with Gasteiger partial charge in [0.2, 0.25) is 5.82 Å². The normalized spacial score (nSPS) is 10.8. The van der Waals surface area contributed by atoms with Gasteiger partial charge in [-0.2, -0.15) is 0 Å². The number of hydrogen-bond donors (Lipinski definition) is 1. The van der Waals surface area contributed by atoms with Crippen LogP contribution >= 0.6 is 11.6 Å². The highest BCUT2D eigenvalue weighted by Gasteiger charge is 2.11. The van der Waals surface area contributed by atoms with Crippen LogP contribution in [0, 0.1) is 0 Å². The maximum atomic E-state index is 6.08. The molecule has 0 aliphatic carbocycles. The van der Waals surface area contributed by atoms with Gasteiger partial charge in [-0.05, 0) is 30.0 Å². The van der Waals surface area contributed by atoms with Crippen molar-refractivity contribution >= 4 is 11.6 Å². The summed E-state index contributed by atoms with van der Waals surface area (Å²) in [6.45, 7) is 0.703. The minimum atomic E-state index is 0.589. The largest absolute Gasteiger partial charge is 0.316 e. The number of benzene rings is 2. The van der Waals surface area contributed by atoms with E-state index in [0.29, 0.717) is 17.4 Å². The molecule has 0 atom stereocenters. The number of nitrogens with zero attached hydrogens (tertiary/aromatic N) is 4. The monoisotopic (exact) mass is 299 g/mol. The molecular formula is C15H14ClN5. The van der Waals surface area contributed by atoms with E-state index < -0.39 is 0 Å². The Hall–Kier alpha value is -2.24. The summed E-state index contributed by atoms with van der Waals surface area (Å²) >= 11 is 6.08. The Morgan fingerprint density at radius 2 is 1.95 bits per heavy atom. The third kappa shape index (κ3) is 2.94. The van der Waals surface area contributed by atoms with Gasteiger partial charge in [0.25, 0.3) is 0 Å². The van der Waals surface area contributed by atoms with Crippen molar-refractivity contribution in [2.75, 3.05) is 7.05 Å². The van der Waals surface area contributed by atoms with Crippen LogP contribution in [0.25, 0.3) is 17.1 Å². The van der Waals surface area contributed by atoms with Gasteiger partial charge in [0, 0.05) is 17.1 Å². The third-order valence-electron chi connectivity index (χ3n) is 3.08. The number of rotatable bonds is 4. The first-order chi connectivity index (χ1) is 10.3. The first-order valence-electron chi connectivity index (χ1n) is 6.57. The van der Waals surface area contributed by atoms with Crippen LogP contribution in [0.15, 0.2) is 48.5 Å². The maximum Gasteiger partial charge on any atom is 0.205 e. The predicted molar refractivity (Wildman–Crippen MR) is 82.4 cm³/mol. The summed E-state index contributed by atoms with van der Waals surface area (Å²) in [4.78, 5) is 1.51. The average Bonchev–Trinajstić information content (AvgIpc) is 3.00. The summed E-state index contributed by atoms with van der Waals surface area (Å²) in [5.41, 5.74) is 2.81. The first kappa shape index (κ1) is 13.7. The van der Waals surface area contributed by atoms with Crippen molar-refractivity contribution in [1.29, 1.82) is 0 Å². The summed E-state index contributed by atoms with van der Waals surface area (Å²) in [5.74, 6) is 0.589. The van der Waals surface area contributed by atoms with Gasteiger partial charge >= 0.3 is 0 Å². The van der Waals surface area contributed by atoms with Crippen LogP contribution in [-0.2, 0) is 6.54 Å². The molecule has 106 valence electrons. The lowest BCUT2D eigenvalue weighted by Crippen LogP contribution is -2.10. The Morgan fingerprint density at radius 1 is 1.14 bits per heavy atom. The minimum absolute atomic E-state index is 0.589. The van der Waals surface area contributed by atoms with Crippen molar-refractivity contribution in [2.24, 2.45) is 0 Å². The van der Waals surface area contributed by atoms with Gasteiger partial charge < -0.3 is 5.32 Å². The molecule has 1 heterocycles. The summed E-state index contributed by atoms with van der Waals surface area (Å²) in [6.07, 6.45) is 0. The topological polar surface area (TPSA) is 55.6 Å². The lowest BCUT2D eigenvalue weighted by molar-refractivity contribution is 0.701. The fraction of sp³-hybridized carbons (Fsp3) is 0.133. The van der Waals surface area contributed by atoms with E-state index in [4.69, 9.17) is 11.6 Å². The third-order valence-corrected chi connectivity index (χ3v) is 3.31. The van der Waals surface area contributed by atoms with E-state index in [9.17, 15) is 0 Å². The molecule has 0 aliphatic rings. The van der Waals surface area contributed by atoms with Crippen molar-refractivity contribution in [2.45, 2.75) is 6.54 Å². The highest BCUT2D eigenvalue weighted by atomic mass is 35.5. The van der Waals surface area contributed by atoms with Gasteiger partial charge in [0.15, 0.2) is 0 Å². The highest BCUT2D eigenvalue weighted by molar-refractivity contribution is 6.30. The smallest absolute Gasteiger partial charge is 0.205 e. The fourth-order valence-corrected chi connectivity index (χ4v) is 2.25. The van der Waals surface area contributed by atoms with Gasteiger partial charge in [0.1, 0.15) is 0 Å². The molecule has 0 spiro atoms. The number of hydrogen-bond acceptors (Lipinski definition) is 4. The average molecular weight is 300 g/mol. The zero-order valence-electron chi connectivity index (χ0n) is 11.5. The molecular weight excluding hydrogens is 286 g/mol. The van der Waals surface area contributed by atoms with Gasteiger partial charge in [0.05, 0.1) is 5.69 Å². The van der Waals surface area contributed by atoms with Crippen LogP contribution in [0.2, 0.25) is 5.02 Å². The zero-order chi connectivity index (χ0) is 14.7. The lowest BCUT2D eigenvalue weighted by atomic mass is 10.2. The van der Waals surface area contributed by atoms with Crippen LogP contribution in [0.4, 0.5) is 0 Å². The number of nitrogens with one attached hydrogen (secondary N) is 1. The van der Waals surface area contributed by atoms with Crippen molar-refractivity contribution in [3.63, 3.8) is 0 Å². The Bertz CT molecular complexity index is 739. The molecule has 0 unspecified atom stereocenters. The maximum absolute atomic E-state index is 6.08. The lowest BCUT2D eigenvalue weighted by Gasteiger charge is -2.07. The van der Waals surface area contributed by atoms with Crippen molar-refractivity contribution < 1.29 is 0 Å². The molecule has 3 aromatic rings. The molecule has 0 saturated carbocycles. The highest BCUT2D eigenvalue weighted by Crippen LogP contribution is 2.20. The second kappa shape index (κ2) is 6.03. The molecule has 0 radical (unpaired) electrons. The second-order valence-electron chi connectivity index (χ2n) is 4.57. The van der Waals surface area contributed by atoms with E-state index in [2.05, 4.69) is 20.7 Å². The molecule has 3 rings (SSSR count). The quantitative estimate of drug-likeness (QED) is 0.805. The summed E-state index contributed by atoms with van der Waals surface area (Å²) in [7, 11) is 1.89. The molecule has 1 aromatic heterocycles. The standard InChI is InChI=1S/C15H14ClN5/c1-17-10-12-7-8-13(16)9-14(12)21-19-15(18-20-21)11-5-3-2-4-6-11/h2-9,17H,10H2,1H3. The van der Waals surface area contributed by atoms with E-state index in [1.165, 1.54) is 4.80 Å². The first-order valence-corrected chi connectivity index (χ1v) is 6.94. The molecule has 0 amide bonds. The van der Waals surface area contributed by atoms with E-state index >= 15 is 0 Å². The van der Waals surface area contributed by atoms with Crippen LogP contribution in [0.5, 0.6) is 0 Å². The summed E-state index contributed by atoms with van der Waals surface area (Å²) in [6, 6.07) is 15.4. The van der Waals surface area contributed by atoms with Crippen LogP contribution in [-0.4, -0.2) is 27.3 Å². The molecule has 0 fully saturated rings. The number of tetrazole rings is 1. The Kier molecular flexibility index (Phi) is 3.94. The predicted octanol–water partition coefficient (Wildman–Crippen LogP) is 2.70. The van der Waals surface area contributed by atoms with E-state index in [1.54, 1.807) is 0 Å². The van der Waals surface area contributed by atoms with Gasteiger partial charge in [-0.25, -0.2) is 0 Å². The molecule has 0 bridgehead atoms. The summed E-state index contributed by atoms with van der Waals surface area (Å²) in [5, 5.41) is 16.5. The van der Waals surface area contributed by atoms with Crippen LogP contribution in [0.3, 0.4) is 0 Å². The van der Waals surface area contributed by atoms with Gasteiger partial charge in [-0.3, -0.25) is 0 Å². The Labute approximate surface area is 127 Å². The fourth-order valence-electron chi connectivity index (χ4n) is 2.08. The molecule has 0 aliphatic heterocycles. The van der Waals surface area contributed by atoms with Crippen molar-refractivity contribution in [3.8, 4) is 17.1 Å².